The Hall–Kier alpha value is -3.13. The molecule has 0 radical (unpaired) electrons. The van der Waals surface area contributed by atoms with E-state index in [2.05, 4.69) is 60.8 Å². The molecule has 0 unspecified atom stereocenters. The third-order valence-corrected chi connectivity index (χ3v) is 4.12. The molecule has 1 aromatic heterocycles. The first-order chi connectivity index (χ1) is 11.8. The molecule has 0 amide bonds. The van der Waals surface area contributed by atoms with Gasteiger partial charge in [0.2, 0.25) is 0 Å². The zero-order valence-corrected chi connectivity index (χ0v) is 13.5. The number of rotatable bonds is 3. The third-order valence-electron chi connectivity index (χ3n) is 4.12. The summed E-state index contributed by atoms with van der Waals surface area (Å²) in [5, 5.41) is 4.58. The average Bonchev–Trinajstić information content (AvgIpc) is 2.63. The molecule has 0 fully saturated rings. The minimum atomic E-state index is 1.01. The normalized spacial score (nSPS) is 10.7. The third kappa shape index (κ3) is 2.86. The van der Waals surface area contributed by atoms with Gasteiger partial charge in [-0.15, -0.1) is 0 Å². The summed E-state index contributed by atoms with van der Waals surface area (Å²) >= 11 is 0. The summed E-state index contributed by atoms with van der Waals surface area (Å²) < 4.78 is 0. The monoisotopic (exact) mass is 310 g/mol. The first-order valence-corrected chi connectivity index (χ1v) is 8.08. The van der Waals surface area contributed by atoms with Crippen molar-refractivity contribution in [1.82, 2.24) is 4.98 Å². The molecule has 4 aromatic rings. The molecule has 4 rings (SSSR count). The van der Waals surface area contributed by atoms with Crippen molar-refractivity contribution in [3.63, 3.8) is 0 Å². The van der Waals surface area contributed by atoms with E-state index in [9.17, 15) is 0 Å². The molecule has 3 aromatic carbocycles. The molecule has 0 aliphatic heterocycles. The molecular weight excluding hydrogens is 292 g/mol. The first-order valence-electron chi connectivity index (χ1n) is 8.08. The molecule has 2 heteroatoms. The summed E-state index contributed by atoms with van der Waals surface area (Å²) in [7, 11) is 0. The summed E-state index contributed by atoms with van der Waals surface area (Å²) in [6.45, 7) is 2.12. The van der Waals surface area contributed by atoms with Gasteiger partial charge in [-0.2, -0.15) is 0 Å². The highest BCUT2D eigenvalue weighted by molar-refractivity contribution is 5.86. The lowest BCUT2D eigenvalue weighted by molar-refractivity contribution is 1.33. The van der Waals surface area contributed by atoms with E-state index in [1.165, 1.54) is 5.56 Å². The highest BCUT2D eigenvalue weighted by Gasteiger charge is 2.06. The maximum Gasteiger partial charge on any atom is 0.0738 e. The minimum absolute atomic E-state index is 1.01. The molecule has 0 saturated heterocycles. The van der Waals surface area contributed by atoms with Gasteiger partial charge in [0, 0.05) is 22.3 Å². The molecule has 1 N–H and O–H groups in total. The van der Waals surface area contributed by atoms with Gasteiger partial charge >= 0.3 is 0 Å². The van der Waals surface area contributed by atoms with Gasteiger partial charge in [-0.3, -0.25) is 0 Å². The second-order valence-corrected chi connectivity index (χ2v) is 5.92. The lowest BCUT2D eigenvalue weighted by Gasteiger charge is -2.10. The van der Waals surface area contributed by atoms with Gasteiger partial charge in [-0.1, -0.05) is 48.5 Å². The fraction of sp³-hybridized carbons (Fsp3) is 0.0455. The van der Waals surface area contributed by atoms with E-state index in [1.807, 2.05) is 36.4 Å². The van der Waals surface area contributed by atoms with Crippen molar-refractivity contribution in [2.24, 2.45) is 0 Å². The van der Waals surface area contributed by atoms with Crippen molar-refractivity contribution in [1.29, 1.82) is 0 Å². The van der Waals surface area contributed by atoms with Crippen LogP contribution in [0, 0.1) is 6.92 Å². The van der Waals surface area contributed by atoms with Gasteiger partial charge in [-0.05, 0) is 48.9 Å². The second-order valence-electron chi connectivity index (χ2n) is 5.92. The van der Waals surface area contributed by atoms with Crippen molar-refractivity contribution >= 4 is 22.3 Å². The predicted octanol–water partition coefficient (Wildman–Crippen LogP) is 5.95. The van der Waals surface area contributed by atoms with Crippen LogP contribution in [-0.2, 0) is 0 Å². The van der Waals surface area contributed by atoms with Gasteiger partial charge in [-0.25, -0.2) is 4.98 Å². The van der Waals surface area contributed by atoms with E-state index in [-0.39, 0.29) is 0 Å². The molecule has 0 aliphatic rings. The number of fused-ring (bicyclic) bond motifs is 1. The van der Waals surface area contributed by atoms with Crippen LogP contribution in [0.1, 0.15) is 5.56 Å². The Morgan fingerprint density at radius 1 is 0.708 bits per heavy atom. The number of benzene rings is 3. The number of nitrogens with zero attached hydrogens (tertiary/aromatic N) is 1. The summed E-state index contributed by atoms with van der Waals surface area (Å²) in [6, 6.07) is 29.0. The molecule has 0 bridgehead atoms. The van der Waals surface area contributed by atoms with Crippen LogP contribution in [0.2, 0.25) is 0 Å². The molecular formula is C22H18N2. The number of hydrogen-bond acceptors (Lipinski definition) is 2. The number of aromatic nitrogens is 1. The zero-order valence-electron chi connectivity index (χ0n) is 13.5. The number of aryl methyl sites for hydroxylation is 1. The smallest absolute Gasteiger partial charge is 0.0738 e. The fourth-order valence-electron chi connectivity index (χ4n) is 2.94. The molecule has 24 heavy (non-hydrogen) atoms. The summed E-state index contributed by atoms with van der Waals surface area (Å²) in [5.74, 6) is 0. The van der Waals surface area contributed by atoms with Crippen LogP contribution in [0.15, 0.2) is 84.9 Å². The Bertz CT molecular complexity index is 977. The Morgan fingerprint density at radius 2 is 1.42 bits per heavy atom. The Morgan fingerprint density at radius 3 is 2.17 bits per heavy atom. The first kappa shape index (κ1) is 14.5. The number of anilines is 2. The standard InChI is InChI=1S/C22H18N2/c1-16-14-18-15-20(23-19-10-6-3-7-11-19)12-13-21(18)24-22(16)17-8-4-2-5-9-17/h2-15,23H,1H3. The van der Waals surface area contributed by atoms with E-state index in [1.54, 1.807) is 0 Å². The Kier molecular flexibility index (Phi) is 3.72. The van der Waals surface area contributed by atoms with Gasteiger partial charge in [0.05, 0.1) is 11.2 Å². The van der Waals surface area contributed by atoms with Gasteiger partial charge in [0.15, 0.2) is 0 Å². The maximum atomic E-state index is 4.87. The quantitative estimate of drug-likeness (QED) is 0.505. The largest absolute Gasteiger partial charge is 0.356 e. The lowest BCUT2D eigenvalue weighted by atomic mass is 10.0. The predicted molar refractivity (Wildman–Crippen MR) is 102 cm³/mol. The molecule has 0 atom stereocenters. The number of nitrogens with one attached hydrogen (secondary N) is 1. The molecule has 0 saturated carbocycles. The van der Waals surface area contributed by atoms with E-state index in [0.717, 1.165) is 33.5 Å². The summed E-state index contributed by atoms with van der Waals surface area (Å²) in [5.41, 5.74) is 6.56. The van der Waals surface area contributed by atoms with E-state index in [0.29, 0.717) is 0 Å². The summed E-state index contributed by atoms with van der Waals surface area (Å²) in [6.07, 6.45) is 0. The number of hydrogen-bond donors (Lipinski definition) is 1. The van der Waals surface area contributed by atoms with Gasteiger partial charge in [0.25, 0.3) is 0 Å². The molecule has 116 valence electrons. The van der Waals surface area contributed by atoms with E-state index in [4.69, 9.17) is 4.98 Å². The highest BCUT2D eigenvalue weighted by atomic mass is 14.9. The van der Waals surface area contributed by atoms with Crippen LogP contribution in [-0.4, -0.2) is 4.98 Å². The van der Waals surface area contributed by atoms with Gasteiger partial charge < -0.3 is 5.32 Å². The van der Waals surface area contributed by atoms with Crippen molar-refractivity contribution < 1.29 is 0 Å². The SMILES string of the molecule is Cc1cc2cc(Nc3ccccc3)ccc2nc1-c1ccccc1. The van der Waals surface area contributed by atoms with Crippen molar-refractivity contribution in [3.05, 3.63) is 90.5 Å². The highest BCUT2D eigenvalue weighted by Crippen LogP contribution is 2.27. The van der Waals surface area contributed by atoms with Crippen LogP contribution in [0.5, 0.6) is 0 Å². The minimum Gasteiger partial charge on any atom is -0.356 e. The van der Waals surface area contributed by atoms with Crippen LogP contribution >= 0.6 is 0 Å². The topological polar surface area (TPSA) is 24.9 Å². The van der Waals surface area contributed by atoms with Gasteiger partial charge in [0.1, 0.15) is 0 Å². The van der Waals surface area contributed by atoms with Crippen LogP contribution in [0.25, 0.3) is 22.2 Å². The fourth-order valence-corrected chi connectivity index (χ4v) is 2.94. The number of para-hydroxylation sites is 1. The van der Waals surface area contributed by atoms with Crippen LogP contribution in [0.4, 0.5) is 11.4 Å². The average molecular weight is 310 g/mol. The molecule has 2 nitrogen and oxygen atoms in total. The second kappa shape index (κ2) is 6.17. The molecule has 1 heterocycles. The van der Waals surface area contributed by atoms with E-state index >= 15 is 0 Å². The van der Waals surface area contributed by atoms with Crippen LogP contribution < -0.4 is 5.32 Å². The Balaban J connectivity index is 1.74. The van der Waals surface area contributed by atoms with E-state index < -0.39 is 0 Å². The lowest BCUT2D eigenvalue weighted by Crippen LogP contribution is -1.93. The zero-order chi connectivity index (χ0) is 16.4. The maximum absolute atomic E-state index is 4.87. The molecule has 0 aliphatic carbocycles. The van der Waals surface area contributed by atoms with Crippen LogP contribution in [0.3, 0.4) is 0 Å². The summed E-state index contributed by atoms with van der Waals surface area (Å²) in [4.78, 5) is 4.87. The van der Waals surface area contributed by atoms with Crippen molar-refractivity contribution in [3.8, 4) is 11.3 Å². The Labute approximate surface area is 141 Å². The molecule has 0 spiro atoms. The number of pyridine rings is 1. The van der Waals surface area contributed by atoms with Crippen molar-refractivity contribution in [2.45, 2.75) is 6.92 Å². The van der Waals surface area contributed by atoms with Crippen molar-refractivity contribution in [2.75, 3.05) is 5.32 Å².